The summed E-state index contributed by atoms with van der Waals surface area (Å²) in [6, 6.07) is 14.1. The van der Waals surface area contributed by atoms with E-state index >= 15 is 0 Å². The van der Waals surface area contributed by atoms with E-state index in [1.165, 1.54) is 23.0 Å². The van der Waals surface area contributed by atoms with Gasteiger partial charge < -0.3 is 0 Å². The third-order valence-corrected chi connectivity index (χ3v) is 6.21. The maximum atomic E-state index is 12.1. The molecule has 1 N–H and O–H groups in total. The largest absolute Gasteiger partial charge is 0.298 e. The fourth-order valence-corrected chi connectivity index (χ4v) is 4.21. The lowest BCUT2D eigenvalue weighted by Gasteiger charge is -2.08. The van der Waals surface area contributed by atoms with Crippen LogP contribution in [0, 0.1) is 0 Å². The molecule has 8 heteroatoms. The van der Waals surface area contributed by atoms with Crippen LogP contribution in [-0.2, 0) is 16.6 Å². The molecule has 0 aliphatic heterocycles. The quantitative estimate of drug-likeness (QED) is 0.728. The molecule has 0 spiro atoms. The number of hydrogen-bond donors (Lipinski definition) is 1. The molecule has 24 heavy (non-hydrogen) atoms. The van der Waals surface area contributed by atoms with Gasteiger partial charge in [0.2, 0.25) is 10.0 Å². The Labute approximate surface area is 143 Å². The van der Waals surface area contributed by atoms with Gasteiger partial charge in [0.1, 0.15) is 4.21 Å². The zero-order chi connectivity index (χ0) is 17.0. The minimum Gasteiger partial charge on any atom is -0.298 e. The molecule has 2 heterocycles. The molecule has 0 aliphatic carbocycles. The minimum atomic E-state index is -3.52. The topological polar surface area (TPSA) is 81.1 Å². The maximum absolute atomic E-state index is 12.1. The minimum absolute atomic E-state index is 0.118. The van der Waals surface area contributed by atoms with E-state index in [2.05, 4.69) is 9.71 Å². The molecule has 3 aromatic rings. The molecule has 0 fully saturated rings. The maximum Gasteiger partial charge on any atom is 0.253 e. The van der Waals surface area contributed by atoms with Gasteiger partial charge in [0.15, 0.2) is 0 Å². The van der Waals surface area contributed by atoms with Crippen molar-refractivity contribution in [1.82, 2.24) is 14.3 Å². The van der Waals surface area contributed by atoms with E-state index in [9.17, 15) is 13.2 Å². The molecule has 0 radical (unpaired) electrons. The number of rotatable bonds is 6. The molecule has 6 nitrogen and oxygen atoms in total. The Morgan fingerprint density at radius 2 is 1.92 bits per heavy atom. The summed E-state index contributed by atoms with van der Waals surface area (Å²) in [5, 5.41) is 1.70. The van der Waals surface area contributed by atoms with Crippen molar-refractivity contribution in [3.8, 4) is 11.3 Å². The second-order valence-electron chi connectivity index (χ2n) is 5.00. The molecule has 3 rings (SSSR count). The van der Waals surface area contributed by atoms with Crippen LogP contribution in [0.4, 0.5) is 0 Å². The summed E-state index contributed by atoms with van der Waals surface area (Å²) in [4.78, 5) is 16.4. The normalized spacial score (nSPS) is 11.5. The van der Waals surface area contributed by atoms with E-state index in [4.69, 9.17) is 0 Å². The van der Waals surface area contributed by atoms with Crippen molar-refractivity contribution in [2.24, 2.45) is 0 Å². The van der Waals surface area contributed by atoms with Crippen LogP contribution in [0.1, 0.15) is 0 Å². The van der Waals surface area contributed by atoms with Crippen molar-refractivity contribution in [3.05, 3.63) is 70.6 Å². The number of hydrogen-bond acceptors (Lipinski definition) is 5. The van der Waals surface area contributed by atoms with Crippen LogP contribution in [0.3, 0.4) is 0 Å². The van der Waals surface area contributed by atoms with Gasteiger partial charge >= 0.3 is 0 Å². The first-order chi connectivity index (χ1) is 11.6. The molecule has 0 aliphatic rings. The van der Waals surface area contributed by atoms with Crippen LogP contribution < -0.4 is 10.3 Å². The first kappa shape index (κ1) is 16.6. The van der Waals surface area contributed by atoms with Crippen molar-refractivity contribution >= 4 is 21.4 Å². The van der Waals surface area contributed by atoms with Gasteiger partial charge in [0.25, 0.3) is 5.56 Å². The summed E-state index contributed by atoms with van der Waals surface area (Å²) < 4.78 is 28.1. The molecular formula is C16H15N3O3S2. The highest BCUT2D eigenvalue weighted by Crippen LogP contribution is 2.15. The first-order valence-corrected chi connectivity index (χ1v) is 9.58. The summed E-state index contributed by atoms with van der Waals surface area (Å²) in [5.74, 6) is 0. The summed E-state index contributed by atoms with van der Waals surface area (Å²) in [7, 11) is -3.52. The molecule has 2 aromatic heterocycles. The fraction of sp³-hybridized carbons (Fsp3) is 0.125. The number of sulfonamides is 1. The van der Waals surface area contributed by atoms with Crippen molar-refractivity contribution < 1.29 is 8.42 Å². The average Bonchev–Trinajstić information content (AvgIpc) is 3.12. The number of aromatic nitrogens is 2. The van der Waals surface area contributed by atoms with E-state index < -0.39 is 10.0 Å². The Hall–Kier alpha value is -2.29. The van der Waals surface area contributed by atoms with Gasteiger partial charge in [-0.3, -0.25) is 9.36 Å². The predicted octanol–water partition coefficient (Wildman–Crippen LogP) is 1.95. The Kier molecular flexibility index (Phi) is 4.89. The SMILES string of the molecule is O=c1cc(-c2ccccc2)ncn1CCNS(=O)(=O)c1cccs1. The third kappa shape index (κ3) is 3.78. The van der Waals surface area contributed by atoms with Crippen LogP contribution >= 0.6 is 11.3 Å². The number of nitrogens with zero attached hydrogens (tertiary/aromatic N) is 2. The smallest absolute Gasteiger partial charge is 0.253 e. The van der Waals surface area contributed by atoms with E-state index in [1.807, 2.05) is 30.3 Å². The lowest BCUT2D eigenvalue weighted by atomic mass is 10.1. The van der Waals surface area contributed by atoms with Gasteiger partial charge in [0, 0.05) is 24.7 Å². The average molecular weight is 361 g/mol. The lowest BCUT2D eigenvalue weighted by molar-refractivity contribution is 0.571. The molecule has 0 unspecified atom stereocenters. The monoisotopic (exact) mass is 361 g/mol. The molecule has 0 amide bonds. The van der Waals surface area contributed by atoms with Crippen molar-refractivity contribution in [1.29, 1.82) is 0 Å². The summed E-state index contributed by atoms with van der Waals surface area (Å²) in [5.41, 5.74) is 1.23. The molecule has 0 saturated heterocycles. The fourth-order valence-electron chi connectivity index (χ4n) is 2.15. The second kappa shape index (κ2) is 7.08. The highest BCUT2D eigenvalue weighted by molar-refractivity contribution is 7.91. The van der Waals surface area contributed by atoms with Crippen molar-refractivity contribution in [2.45, 2.75) is 10.8 Å². The lowest BCUT2D eigenvalue weighted by Crippen LogP contribution is -2.30. The molecule has 0 saturated carbocycles. The summed E-state index contributed by atoms with van der Waals surface area (Å²) in [6.45, 7) is 0.331. The van der Waals surface area contributed by atoms with Gasteiger partial charge in [-0.1, -0.05) is 36.4 Å². The Bertz CT molecular complexity index is 965. The standard InChI is InChI=1S/C16H15N3O3S2/c20-15-11-14(13-5-2-1-3-6-13)17-12-19(15)9-8-18-24(21,22)16-7-4-10-23-16/h1-7,10-12,18H,8-9H2. The van der Waals surface area contributed by atoms with Gasteiger partial charge in [-0.15, -0.1) is 11.3 Å². The van der Waals surface area contributed by atoms with Crippen LogP contribution in [0.2, 0.25) is 0 Å². The van der Waals surface area contributed by atoms with E-state index in [1.54, 1.807) is 11.4 Å². The van der Waals surface area contributed by atoms with Crippen LogP contribution in [0.25, 0.3) is 11.3 Å². The molecular weight excluding hydrogens is 346 g/mol. The number of nitrogens with one attached hydrogen (secondary N) is 1. The molecule has 0 bridgehead atoms. The Morgan fingerprint density at radius 1 is 1.12 bits per heavy atom. The predicted molar refractivity (Wildman–Crippen MR) is 93.4 cm³/mol. The van der Waals surface area contributed by atoms with Crippen molar-refractivity contribution in [3.63, 3.8) is 0 Å². The molecule has 124 valence electrons. The molecule has 0 atom stereocenters. The number of benzene rings is 1. The van der Waals surface area contributed by atoms with Crippen molar-refractivity contribution in [2.75, 3.05) is 6.54 Å². The van der Waals surface area contributed by atoms with Crippen LogP contribution in [0.15, 0.2) is 69.2 Å². The third-order valence-electron chi connectivity index (χ3n) is 3.35. The summed E-state index contributed by atoms with van der Waals surface area (Å²) in [6.07, 6.45) is 1.43. The highest BCUT2D eigenvalue weighted by Gasteiger charge is 2.14. The second-order valence-corrected chi connectivity index (χ2v) is 7.94. The van der Waals surface area contributed by atoms with E-state index in [0.717, 1.165) is 16.9 Å². The first-order valence-electron chi connectivity index (χ1n) is 7.21. The van der Waals surface area contributed by atoms with Gasteiger partial charge in [0.05, 0.1) is 12.0 Å². The van der Waals surface area contributed by atoms with E-state index in [0.29, 0.717) is 5.69 Å². The van der Waals surface area contributed by atoms with Crippen LogP contribution in [-0.4, -0.2) is 24.5 Å². The van der Waals surface area contributed by atoms with E-state index in [-0.39, 0.29) is 22.9 Å². The van der Waals surface area contributed by atoms with Gasteiger partial charge in [-0.25, -0.2) is 18.1 Å². The zero-order valence-electron chi connectivity index (χ0n) is 12.6. The van der Waals surface area contributed by atoms with Gasteiger partial charge in [-0.05, 0) is 11.4 Å². The Morgan fingerprint density at radius 3 is 2.58 bits per heavy atom. The summed E-state index contributed by atoms with van der Waals surface area (Å²) >= 11 is 1.15. The van der Waals surface area contributed by atoms with Gasteiger partial charge in [-0.2, -0.15) is 0 Å². The number of thiophene rings is 1. The highest BCUT2D eigenvalue weighted by atomic mass is 32.2. The zero-order valence-corrected chi connectivity index (χ0v) is 14.3. The Balaban J connectivity index is 1.67. The molecule has 1 aromatic carbocycles. The van der Waals surface area contributed by atoms with Crippen LogP contribution in [0.5, 0.6) is 0 Å².